The molecule has 1 N–H and O–H groups in total. The van der Waals surface area contributed by atoms with Crippen molar-refractivity contribution in [1.29, 1.82) is 0 Å². The van der Waals surface area contributed by atoms with Gasteiger partial charge < -0.3 is 0 Å². The molecular formula is C14H15BrClN5O3. The molecule has 0 saturated heterocycles. The maximum absolute atomic E-state index is 12.5. The van der Waals surface area contributed by atoms with E-state index >= 15 is 0 Å². The van der Waals surface area contributed by atoms with Gasteiger partial charge in [0.1, 0.15) is 10.3 Å². The highest BCUT2D eigenvalue weighted by Crippen LogP contribution is 2.32. The molecule has 0 aliphatic heterocycles. The predicted octanol–water partition coefficient (Wildman–Crippen LogP) is 3.69. The van der Waals surface area contributed by atoms with Gasteiger partial charge in [0.05, 0.1) is 15.6 Å². The Hall–Kier alpha value is -2.00. The first-order valence-corrected chi connectivity index (χ1v) is 8.04. The molecule has 0 aliphatic rings. The topological polar surface area (TPSA) is 103 Å². The van der Waals surface area contributed by atoms with Crippen molar-refractivity contribution in [1.82, 2.24) is 14.8 Å². The molecule has 128 valence electrons. The molecular weight excluding hydrogens is 402 g/mol. The Bertz CT molecular complexity index is 829. The number of pyridine rings is 1. The normalized spacial score (nSPS) is 11.4. The number of rotatable bonds is 3. The zero-order valence-electron chi connectivity index (χ0n) is 13.4. The fraction of sp³-hybridized carbons (Fsp3) is 0.357. The molecule has 2 aromatic rings. The molecule has 0 aromatic carbocycles. The van der Waals surface area contributed by atoms with Crippen LogP contribution in [0.2, 0.25) is 5.02 Å². The van der Waals surface area contributed by atoms with Crippen molar-refractivity contribution in [3.05, 3.63) is 43.3 Å². The quantitative estimate of drug-likeness (QED) is 0.467. The molecule has 0 unspecified atom stereocenters. The van der Waals surface area contributed by atoms with Crippen molar-refractivity contribution in [3.63, 3.8) is 0 Å². The van der Waals surface area contributed by atoms with Crippen molar-refractivity contribution >= 4 is 44.9 Å². The minimum absolute atomic E-state index is 0.109. The Labute approximate surface area is 151 Å². The fourth-order valence-corrected chi connectivity index (χ4v) is 2.90. The van der Waals surface area contributed by atoms with Crippen LogP contribution in [-0.2, 0) is 12.5 Å². The average Bonchev–Trinajstić information content (AvgIpc) is 2.73. The van der Waals surface area contributed by atoms with E-state index in [4.69, 9.17) is 11.6 Å². The van der Waals surface area contributed by atoms with Gasteiger partial charge in [0.15, 0.2) is 0 Å². The zero-order chi connectivity index (χ0) is 18.2. The summed E-state index contributed by atoms with van der Waals surface area (Å²) < 4.78 is 1.71. The SMILES string of the molecule is Cn1nc(C(C)(C)C)c(Cl)c1C(=O)Nc1nc(Br)ccc1[N+](=O)[O-]. The number of nitrogens with one attached hydrogen (secondary N) is 1. The lowest BCUT2D eigenvalue weighted by Crippen LogP contribution is -2.18. The highest BCUT2D eigenvalue weighted by Gasteiger charge is 2.29. The van der Waals surface area contributed by atoms with Crippen LogP contribution in [0.25, 0.3) is 0 Å². The van der Waals surface area contributed by atoms with Crippen LogP contribution in [0.1, 0.15) is 37.0 Å². The number of carbonyl (C=O) groups is 1. The van der Waals surface area contributed by atoms with Crippen LogP contribution in [0.15, 0.2) is 16.7 Å². The van der Waals surface area contributed by atoms with Gasteiger partial charge in [-0.2, -0.15) is 5.10 Å². The second-order valence-corrected chi connectivity index (χ2v) is 7.29. The Balaban J connectivity index is 2.44. The van der Waals surface area contributed by atoms with Gasteiger partial charge in [-0.05, 0) is 22.0 Å². The fourth-order valence-electron chi connectivity index (χ4n) is 2.06. The summed E-state index contributed by atoms with van der Waals surface area (Å²) in [4.78, 5) is 26.9. The van der Waals surface area contributed by atoms with Gasteiger partial charge in [0.25, 0.3) is 5.91 Å². The number of carbonyl (C=O) groups excluding carboxylic acids is 1. The van der Waals surface area contributed by atoms with E-state index in [1.54, 1.807) is 7.05 Å². The smallest absolute Gasteiger partial charge is 0.299 e. The van der Waals surface area contributed by atoms with Gasteiger partial charge in [0, 0.05) is 18.5 Å². The molecule has 24 heavy (non-hydrogen) atoms. The molecule has 1 amide bonds. The number of aromatic nitrogens is 3. The van der Waals surface area contributed by atoms with Gasteiger partial charge in [-0.15, -0.1) is 0 Å². The number of nitro groups is 1. The predicted molar refractivity (Wildman–Crippen MR) is 93.5 cm³/mol. The van der Waals surface area contributed by atoms with E-state index in [2.05, 4.69) is 31.3 Å². The second kappa shape index (κ2) is 6.48. The third kappa shape index (κ3) is 3.57. The Morgan fingerprint density at radius 3 is 2.54 bits per heavy atom. The maximum Gasteiger partial charge on any atom is 0.311 e. The Kier molecular flexibility index (Phi) is 4.95. The van der Waals surface area contributed by atoms with Gasteiger partial charge >= 0.3 is 5.69 Å². The largest absolute Gasteiger partial charge is 0.311 e. The summed E-state index contributed by atoms with van der Waals surface area (Å²) in [6.45, 7) is 5.76. The van der Waals surface area contributed by atoms with Crippen LogP contribution in [-0.4, -0.2) is 25.6 Å². The van der Waals surface area contributed by atoms with Crippen LogP contribution >= 0.6 is 27.5 Å². The van der Waals surface area contributed by atoms with Gasteiger partial charge in [0.2, 0.25) is 5.82 Å². The molecule has 0 bridgehead atoms. The van der Waals surface area contributed by atoms with Crippen LogP contribution < -0.4 is 5.32 Å². The van der Waals surface area contributed by atoms with E-state index in [9.17, 15) is 14.9 Å². The minimum atomic E-state index is -0.626. The Morgan fingerprint density at radius 1 is 1.42 bits per heavy atom. The van der Waals surface area contributed by atoms with E-state index in [-0.39, 0.29) is 27.6 Å². The summed E-state index contributed by atoms with van der Waals surface area (Å²) in [5, 5.41) is 18.0. The molecule has 0 radical (unpaired) electrons. The lowest BCUT2D eigenvalue weighted by atomic mass is 9.92. The molecule has 0 atom stereocenters. The molecule has 0 saturated carbocycles. The van der Waals surface area contributed by atoms with Gasteiger partial charge in [-0.25, -0.2) is 4.98 Å². The van der Waals surface area contributed by atoms with E-state index in [1.165, 1.54) is 16.8 Å². The van der Waals surface area contributed by atoms with E-state index in [1.807, 2.05) is 20.8 Å². The highest BCUT2D eigenvalue weighted by molar-refractivity contribution is 9.10. The van der Waals surface area contributed by atoms with Gasteiger partial charge in [-0.1, -0.05) is 32.4 Å². The lowest BCUT2D eigenvalue weighted by Gasteiger charge is -2.15. The molecule has 2 rings (SSSR count). The first kappa shape index (κ1) is 18.3. The zero-order valence-corrected chi connectivity index (χ0v) is 15.8. The van der Waals surface area contributed by atoms with Gasteiger partial charge in [-0.3, -0.25) is 24.9 Å². The number of nitrogens with zero attached hydrogens (tertiary/aromatic N) is 4. The number of anilines is 1. The monoisotopic (exact) mass is 415 g/mol. The standard InChI is InChI=1S/C14H15BrClN5O3/c1-14(2,3)11-9(16)10(20(4)19-11)13(22)18-12-7(21(23)24)5-6-8(15)17-12/h5-6H,1-4H3,(H,17,18,22). The van der Waals surface area contributed by atoms with Crippen molar-refractivity contribution in [3.8, 4) is 0 Å². The van der Waals surface area contributed by atoms with Crippen LogP contribution in [0.5, 0.6) is 0 Å². The maximum atomic E-state index is 12.5. The number of aryl methyl sites for hydroxylation is 1. The van der Waals surface area contributed by atoms with Crippen molar-refractivity contribution < 1.29 is 9.72 Å². The molecule has 0 fully saturated rings. The van der Waals surface area contributed by atoms with Crippen LogP contribution in [0, 0.1) is 10.1 Å². The van der Waals surface area contributed by atoms with Crippen molar-refractivity contribution in [2.24, 2.45) is 7.05 Å². The third-order valence-corrected chi connectivity index (χ3v) is 3.98. The molecule has 8 nitrogen and oxygen atoms in total. The molecule has 0 spiro atoms. The van der Waals surface area contributed by atoms with Crippen molar-refractivity contribution in [2.75, 3.05) is 5.32 Å². The lowest BCUT2D eigenvalue weighted by molar-refractivity contribution is -0.384. The van der Waals surface area contributed by atoms with E-state index in [0.29, 0.717) is 10.3 Å². The summed E-state index contributed by atoms with van der Waals surface area (Å²) in [6.07, 6.45) is 0. The first-order chi connectivity index (χ1) is 11.0. The second-order valence-electron chi connectivity index (χ2n) is 6.10. The summed E-state index contributed by atoms with van der Waals surface area (Å²) in [5.41, 5.74) is -0.00000752. The van der Waals surface area contributed by atoms with Crippen LogP contribution in [0.4, 0.5) is 11.5 Å². The summed E-state index contributed by atoms with van der Waals surface area (Å²) >= 11 is 9.42. The van der Waals surface area contributed by atoms with Crippen molar-refractivity contribution in [2.45, 2.75) is 26.2 Å². The van der Waals surface area contributed by atoms with Crippen LogP contribution in [0.3, 0.4) is 0 Å². The molecule has 2 aromatic heterocycles. The number of amides is 1. The molecule has 2 heterocycles. The highest BCUT2D eigenvalue weighted by atomic mass is 79.9. The third-order valence-electron chi connectivity index (χ3n) is 3.18. The summed E-state index contributed by atoms with van der Waals surface area (Å²) in [7, 11) is 1.58. The van der Waals surface area contributed by atoms with E-state index in [0.717, 1.165) is 0 Å². The molecule has 0 aliphatic carbocycles. The Morgan fingerprint density at radius 2 is 2.04 bits per heavy atom. The first-order valence-electron chi connectivity index (χ1n) is 6.87. The average molecular weight is 417 g/mol. The minimum Gasteiger partial charge on any atom is -0.299 e. The molecule has 10 heteroatoms. The summed E-state index contributed by atoms with van der Waals surface area (Å²) in [6, 6.07) is 2.67. The number of hydrogen-bond acceptors (Lipinski definition) is 5. The number of hydrogen-bond donors (Lipinski definition) is 1. The number of halogens is 2. The summed E-state index contributed by atoms with van der Waals surface area (Å²) in [5.74, 6) is -0.798. The van der Waals surface area contributed by atoms with E-state index < -0.39 is 10.8 Å².